The number of sulfonamides is 1. The van der Waals surface area contributed by atoms with E-state index in [2.05, 4.69) is 25.9 Å². The largest absolute Gasteiger partial charge is 0.493 e. The maximum absolute atomic E-state index is 13.4. The molecule has 0 radical (unpaired) electrons. The number of ether oxygens (including phenoxy) is 1. The van der Waals surface area contributed by atoms with Crippen molar-refractivity contribution < 1.29 is 13.2 Å². The van der Waals surface area contributed by atoms with Crippen molar-refractivity contribution >= 4 is 49.2 Å². The molecule has 4 aromatic rings. The molecule has 2 fully saturated rings. The zero-order chi connectivity index (χ0) is 26.1. The van der Waals surface area contributed by atoms with Crippen molar-refractivity contribution in [2.24, 2.45) is 11.8 Å². The smallest absolute Gasteiger partial charge is 0.214 e. The zero-order valence-corrected chi connectivity index (χ0v) is 22.8. The van der Waals surface area contributed by atoms with Gasteiger partial charge < -0.3 is 14.6 Å². The Morgan fingerprint density at radius 3 is 2.63 bits per heavy atom. The van der Waals surface area contributed by atoms with E-state index in [0.29, 0.717) is 24.7 Å². The monoisotopic (exact) mass is 553 g/mol. The van der Waals surface area contributed by atoms with Gasteiger partial charge in [-0.3, -0.25) is 0 Å². The molecular formula is C28H32ClN5O3S. The normalized spacial score (nSPS) is 19.8. The topological polar surface area (TPSA) is 91.4 Å². The fraction of sp³-hybridized carbons (Fsp3) is 0.429. The molecule has 1 atom stereocenters. The van der Waals surface area contributed by atoms with Gasteiger partial charge in [0.25, 0.3) is 0 Å². The molecule has 3 aromatic heterocycles. The average Bonchev–Trinajstić information content (AvgIpc) is 3.42. The van der Waals surface area contributed by atoms with Gasteiger partial charge in [-0.1, -0.05) is 11.6 Å². The van der Waals surface area contributed by atoms with Crippen molar-refractivity contribution in [3.8, 4) is 5.75 Å². The van der Waals surface area contributed by atoms with Crippen molar-refractivity contribution in [1.29, 1.82) is 0 Å². The molecule has 0 amide bonds. The minimum Gasteiger partial charge on any atom is -0.493 e. The van der Waals surface area contributed by atoms with Crippen LogP contribution < -0.4 is 9.64 Å². The van der Waals surface area contributed by atoms with Crippen LogP contribution in [0.4, 0.5) is 5.69 Å². The number of rotatable bonds is 7. The first-order valence-electron chi connectivity index (χ1n) is 13.3. The summed E-state index contributed by atoms with van der Waals surface area (Å²) in [6.45, 7) is 3.29. The van der Waals surface area contributed by atoms with Crippen LogP contribution >= 0.6 is 11.6 Å². The third kappa shape index (κ3) is 5.32. The van der Waals surface area contributed by atoms with Crippen LogP contribution in [0.15, 0.2) is 55.0 Å². The number of fused-ring (bicyclic) bond motifs is 3. The molecule has 1 unspecified atom stereocenters. The van der Waals surface area contributed by atoms with Crippen molar-refractivity contribution in [3.63, 3.8) is 0 Å². The summed E-state index contributed by atoms with van der Waals surface area (Å²) in [7, 11) is -3.32. The molecule has 38 heavy (non-hydrogen) atoms. The van der Waals surface area contributed by atoms with Gasteiger partial charge in [0.2, 0.25) is 10.0 Å². The zero-order valence-electron chi connectivity index (χ0n) is 21.2. The van der Waals surface area contributed by atoms with E-state index in [-0.39, 0.29) is 17.6 Å². The maximum atomic E-state index is 13.4. The van der Waals surface area contributed by atoms with Crippen molar-refractivity contribution in [1.82, 2.24) is 19.3 Å². The number of pyridine rings is 2. The van der Waals surface area contributed by atoms with Gasteiger partial charge >= 0.3 is 0 Å². The average molecular weight is 554 g/mol. The number of benzene rings is 1. The summed E-state index contributed by atoms with van der Waals surface area (Å²) in [6, 6.07) is 11.4. The summed E-state index contributed by atoms with van der Waals surface area (Å²) < 4.78 is 34.4. The van der Waals surface area contributed by atoms with Gasteiger partial charge in [-0.15, -0.1) is 0 Å². The Morgan fingerprint density at radius 2 is 1.82 bits per heavy atom. The molecule has 0 saturated carbocycles. The van der Waals surface area contributed by atoms with Crippen molar-refractivity contribution in [2.75, 3.05) is 43.4 Å². The molecule has 0 bridgehead atoms. The molecule has 2 aliphatic rings. The molecule has 0 spiro atoms. The fourth-order valence-corrected chi connectivity index (χ4v) is 7.92. The van der Waals surface area contributed by atoms with Gasteiger partial charge in [-0.05, 0) is 68.0 Å². The van der Waals surface area contributed by atoms with Crippen LogP contribution in [0.5, 0.6) is 5.75 Å². The second kappa shape index (κ2) is 10.7. The van der Waals surface area contributed by atoms with Crippen LogP contribution in [0.25, 0.3) is 21.9 Å². The molecule has 6 rings (SSSR count). The molecule has 1 N–H and O–H groups in total. The standard InChI is InChI=1S/C28H32ClN5O3S/c29-22-3-5-23(6-4-22)37-18-21-2-1-13-34(17-21)38(35,36)19-20-9-14-33(15-10-20)26-8-12-30-25-16-32-28-24(27(25)26)7-11-31-28/h3-8,11-12,16,20-21,30H,1-2,9-10,13-15,17-19H2. The van der Waals surface area contributed by atoms with Crippen LogP contribution in [0.1, 0.15) is 25.7 Å². The highest BCUT2D eigenvalue weighted by Crippen LogP contribution is 2.34. The lowest BCUT2D eigenvalue weighted by atomic mass is 9.98. The second-order valence-electron chi connectivity index (χ2n) is 10.4. The Labute approximate surface area is 228 Å². The minimum absolute atomic E-state index is 0.158. The number of anilines is 1. The van der Waals surface area contributed by atoms with E-state index in [9.17, 15) is 8.42 Å². The molecular weight excluding hydrogens is 522 g/mol. The number of piperidine rings is 2. The maximum Gasteiger partial charge on any atom is 0.214 e. The molecule has 0 aliphatic carbocycles. The number of aromatic amines is 1. The molecule has 200 valence electrons. The Kier molecular flexibility index (Phi) is 7.16. The Morgan fingerprint density at radius 1 is 1.00 bits per heavy atom. The lowest BCUT2D eigenvalue weighted by molar-refractivity contribution is 0.179. The van der Waals surface area contributed by atoms with Gasteiger partial charge in [0.1, 0.15) is 5.75 Å². The summed E-state index contributed by atoms with van der Waals surface area (Å²) in [6.07, 6.45) is 9.11. The third-order valence-electron chi connectivity index (χ3n) is 7.85. The summed E-state index contributed by atoms with van der Waals surface area (Å²) in [4.78, 5) is 14.5. The molecule has 10 heteroatoms. The highest BCUT2D eigenvalue weighted by molar-refractivity contribution is 7.89. The minimum atomic E-state index is -3.32. The van der Waals surface area contributed by atoms with E-state index in [1.807, 2.05) is 30.6 Å². The Bertz CT molecular complexity index is 1520. The first-order valence-corrected chi connectivity index (χ1v) is 15.3. The number of aromatic nitrogens is 3. The highest BCUT2D eigenvalue weighted by atomic mass is 35.5. The number of halogens is 1. The lowest BCUT2D eigenvalue weighted by Crippen LogP contribution is -2.45. The summed E-state index contributed by atoms with van der Waals surface area (Å²) in [5.41, 5.74) is 2.88. The van der Waals surface area contributed by atoms with E-state index >= 15 is 0 Å². The Balaban J connectivity index is 1.07. The van der Waals surface area contributed by atoms with Crippen LogP contribution in [0, 0.1) is 11.8 Å². The van der Waals surface area contributed by atoms with E-state index < -0.39 is 10.0 Å². The lowest BCUT2D eigenvalue weighted by Gasteiger charge is -2.36. The fourth-order valence-electron chi connectivity index (χ4n) is 5.81. The molecule has 2 aliphatic heterocycles. The number of hydrogen-bond donors (Lipinski definition) is 1. The van der Waals surface area contributed by atoms with Crippen LogP contribution in [0.2, 0.25) is 5.02 Å². The number of H-pyrrole nitrogens is 1. The van der Waals surface area contributed by atoms with Gasteiger partial charge in [-0.25, -0.2) is 22.7 Å². The molecule has 5 heterocycles. The van der Waals surface area contributed by atoms with Gasteiger partial charge in [0.15, 0.2) is 5.65 Å². The second-order valence-corrected chi connectivity index (χ2v) is 12.9. The predicted octanol–water partition coefficient (Wildman–Crippen LogP) is 5.10. The van der Waals surface area contributed by atoms with Crippen LogP contribution in [-0.4, -0.2) is 66.2 Å². The SMILES string of the molecule is O=S(=O)(CC1CCN(c2cc[nH]c3cnc4nccc4c23)CC1)N1CCCC(COc2ccc(Cl)cc2)C1. The van der Waals surface area contributed by atoms with E-state index in [4.69, 9.17) is 16.3 Å². The molecule has 8 nitrogen and oxygen atoms in total. The van der Waals surface area contributed by atoms with Gasteiger partial charge in [0, 0.05) is 66.0 Å². The molecule has 2 saturated heterocycles. The van der Waals surface area contributed by atoms with Gasteiger partial charge in [0.05, 0.1) is 24.1 Å². The predicted molar refractivity (Wildman–Crippen MR) is 151 cm³/mol. The number of nitrogens with one attached hydrogen (secondary N) is 1. The van der Waals surface area contributed by atoms with Crippen molar-refractivity contribution in [3.05, 3.63) is 60.0 Å². The van der Waals surface area contributed by atoms with E-state index in [1.165, 1.54) is 0 Å². The quantitative estimate of drug-likeness (QED) is 0.342. The van der Waals surface area contributed by atoms with Crippen LogP contribution in [-0.2, 0) is 10.0 Å². The van der Waals surface area contributed by atoms with E-state index in [1.54, 1.807) is 22.6 Å². The van der Waals surface area contributed by atoms with Crippen LogP contribution in [0.3, 0.4) is 0 Å². The number of nitrogens with zero attached hydrogens (tertiary/aromatic N) is 4. The number of hydrogen-bond acceptors (Lipinski definition) is 6. The highest BCUT2D eigenvalue weighted by Gasteiger charge is 2.33. The summed E-state index contributed by atoms with van der Waals surface area (Å²) in [5.74, 6) is 1.33. The molecule has 1 aromatic carbocycles. The summed E-state index contributed by atoms with van der Waals surface area (Å²) in [5, 5.41) is 2.84. The third-order valence-corrected chi connectivity index (χ3v) is 10.1. The first-order chi connectivity index (χ1) is 18.5. The summed E-state index contributed by atoms with van der Waals surface area (Å²) >= 11 is 5.95. The van der Waals surface area contributed by atoms with E-state index in [0.717, 1.165) is 72.1 Å². The first kappa shape index (κ1) is 25.4. The van der Waals surface area contributed by atoms with Crippen molar-refractivity contribution in [2.45, 2.75) is 25.7 Å². The van der Waals surface area contributed by atoms with Gasteiger partial charge in [-0.2, -0.15) is 0 Å². The Hall–Kier alpha value is -2.88.